The first-order chi connectivity index (χ1) is 15.9. The minimum absolute atomic E-state index is 0.0533. The van der Waals surface area contributed by atoms with Crippen LogP contribution in [0.5, 0.6) is 11.5 Å². The number of ether oxygens (including phenoxy) is 3. The van der Waals surface area contributed by atoms with Gasteiger partial charge in [0.1, 0.15) is 22.2 Å². The number of nitrogens with zero attached hydrogens (tertiary/aromatic N) is 2. The molecule has 0 amide bonds. The number of thiazole rings is 1. The molecule has 1 aliphatic carbocycles. The third-order valence-corrected chi connectivity index (χ3v) is 7.56. The second-order valence-electron chi connectivity index (χ2n) is 9.04. The number of rotatable bonds is 7. The predicted octanol–water partition coefficient (Wildman–Crippen LogP) is 6.16. The Kier molecular flexibility index (Phi) is 6.88. The summed E-state index contributed by atoms with van der Waals surface area (Å²) in [5.74, 6) is 1.92. The van der Waals surface area contributed by atoms with Gasteiger partial charge in [-0.25, -0.2) is 9.97 Å². The summed E-state index contributed by atoms with van der Waals surface area (Å²) in [6, 6.07) is 5.94. The lowest BCUT2D eigenvalue weighted by molar-refractivity contribution is -0.146. The van der Waals surface area contributed by atoms with Gasteiger partial charge in [-0.1, -0.05) is 27.2 Å². The van der Waals surface area contributed by atoms with E-state index in [1.54, 1.807) is 18.4 Å². The molecule has 1 aliphatic rings. The third-order valence-electron chi connectivity index (χ3n) is 6.67. The number of benzene rings is 1. The molecule has 7 heteroatoms. The smallest absolute Gasteiger partial charge is 0.309 e. The highest BCUT2D eigenvalue weighted by Crippen LogP contribution is 2.41. The van der Waals surface area contributed by atoms with E-state index in [1.165, 1.54) is 7.11 Å². The van der Waals surface area contributed by atoms with Crippen molar-refractivity contribution in [3.05, 3.63) is 34.8 Å². The van der Waals surface area contributed by atoms with E-state index in [4.69, 9.17) is 24.2 Å². The molecule has 0 N–H and O–H groups in total. The Morgan fingerprint density at radius 3 is 2.61 bits per heavy atom. The van der Waals surface area contributed by atoms with Crippen LogP contribution in [-0.2, 0) is 9.53 Å². The Labute approximate surface area is 199 Å². The predicted molar refractivity (Wildman–Crippen MR) is 131 cm³/mol. The molecule has 0 spiro atoms. The summed E-state index contributed by atoms with van der Waals surface area (Å²) < 4.78 is 17.2. The standard InChI is InChI=1S/C26H32N2O4S/c1-7-16-10-17(11-19(16)26(29)31-6)32-23-12-20(25-28-21(13-33-25)14(2)3)27-24-15(4)22(30-5)9-8-18(23)24/h8-9,12-14,16-17,19H,7,10-11H2,1-6H3/t16-,17+,19-/m1/s1. The van der Waals surface area contributed by atoms with Crippen LogP contribution >= 0.6 is 11.3 Å². The SMILES string of the molecule is CC[C@@H]1C[C@H](Oc2cc(-c3nc(C(C)C)cs3)nc3c(C)c(OC)ccc23)C[C@H]1C(=O)OC. The van der Waals surface area contributed by atoms with Crippen LogP contribution in [0.4, 0.5) is 0 Å². The number of aryl methyl sites for hydroxylation is 1. The number of esters is 1. The van der Waals surface area contributed by atoms with E-state index in [0.29, 0.717) is 12.3 Å². The minimum Gasteiger partial charge on any atom is -0.496 e. The fraction of sp³-hybridized carbons (Fsp3) is 0.500. The lowest BCUT2D eigenvalue weighted by Crippen LogP contribution is -2.20. The van der Waals surface area contributed by atoms with E-state index in [2.05, 4.69) is 26.2 Å². The van der Waals surface area contributed by atoms with Crippen LogP contribution in [0, 0.1) is 18.8 Å². The van der Waals surface area contributed by atoms with E-state index in [1.807, 2.05) is 25.1 Å². The van der Waals surface area contributed by atoms with Crippen LogP contribution in [-0.4, -0.2) is 36.3 Å². The zero-order valence-electron chi connectivity index (χ0n) is 20.2. The maximum absolute atomic E-state index is 12.3. The quantitative estimate of drug-likeness (QED) is 0.387. The molecule has 0 unspecified atom stereocenters. The first-order valence-corrected chi connectivity index (χ1v) is 12.4. The Hall–Kier alpha value is -2.67. The molecule has 3 atom stereocenters. The van der Waals surface area contributed by atoms with Crippen molar-refractivity contribution in [2.45, 2.75) is 59.0 Å². The van der Waals surface area contributed by atoms with Crippen LogP contribution in [0.25, 0.3) is 21.6 Å². The monoisotopic (exact) mass is 468 g/mol. The Balaban J connectivity index is 1.76. The molecular weight excluding hydrogens is 436 g/mol. The first-order valence-electron chi connectivity index (χ1n) is 11.5. The normalized spacial score (nSPS) is 20.4. The van der Waals surface area contributed by atoms with Crippen molar-refractivity contribution < 1.29 is 19.0 Å². The number of carbonyl (C=O) groups excluding carboxylic acids is 1. The van der Waals surface area contributed by atoms with Gasteiger partial charge in [-0.15, -0.1) is 11.3 Å². The van der Waals surface area contributed by atoms with Crippen molar-refractivity contribution in [1.82, 2.24) is 9.97 Å². The van der Waals surface area contributed by atoms with E-state index >= 15 is 0 Å². The van der Waals surface area contributed by atoms with Gasteiger partial charge in [-0.05, 0) is 43.7 Å². The van der Waals surface area contributed by atoms with Crippen molar-refractivity contribution in [3.8, 4) is 22.2 Å². The van der Waals surface area contributed by atoms with Gasteiger partial charge >= 0.3 is 5.97 Å². The topological polar surface area (TPSA) is 70.5 Å². The second kappa shape index (κ2) is 9.67. The molecule has 2 heterocycles. The summed E-state index contributed by atoms with van der Waals surface area (Å²) in [5, 5.41) is 3.90. The molecule has 0 aliphatic heterocycles. The third kappa shape index (κ3) is 4.56. The van der Waals surface area contributed by atoms with Crippen molar-refractivity contribution in [2.24, 2.45) is 11.8 Å². The number of fused-ring (bicyclic) bond motifs is 1. The fourth-order valence-corrected chi connectivity index (χ4v) is 5.66. The average molecular weight is 469 g/mol. The van der Waals surface area contributed by atoms with E-state index in [0.717, 1.165) is 57.2 Å². The average Bonchev–Trinajstić information content (AvgIpc) is 3.46. The number of pyridine rings is 1. The van der Waals surface area contributed by atoms with Gasteiger partial charge < -0.3 is 14.2 Å². The zero-order chi connectivity index (χ0) is 23.7. The minimum atomic E-state index is -0.141. The van der Waals surface area contributed by atoms with Crippen molar-refractivity contribution in [1.29, 1.82) is 0 Å². The number of hydrogen-bond donors (Lipinski definition) is 0. The summed E-state index contributed by atoms with van der Waals surface area (Å²) in [7, 11) is 3.13. The van der Waals surface area contributed by atoms with Crippen LogP contribution < -0.4 is 9.47 Å². The maximum Gasteiger partial charge on any atom is 0.309 e. The lowest BCUT2D eigenvalue weighted by atomic mass is 9.94. The Morgan fingerprint density at radius 1 is 1.18 bits per heavy atom. The molecule has 1 fully saturated rings. The molecule has 1 saturated carbocycles. The van der Waals surface area contributed by atoms with Gasteiger partial charge in [0.05, 0.1) is 37.5 Å². The Bertz CT molecular complexity index is 1160. The summed E-state index contributed by atoms with van der Waals surface area (Å²) in [4.78, 5) is 22.1. The van der Waals surface area contributed by atoms with Crippen LogP contribution in [0.3, 0.4) is 0 Å². The van der Waals surface area contributed by atoms with Crippen LogP contribution in [0.15, 0.2) is 23.6 Å². The van der Waals surface area contributed by atoms with Crippen molar-refractivity contribution >= 4 is 28.2 Å². The van der Waals surface area contributed by atoms with E-state index in [-0.39, 0.29) is 23.9 Å². The number of aromatic nitrogens is 2. The van der Waals surface area contributed by atoms with Gasteiger partial charge in [0.2, 0.25) is 0 Å². The van der Waals surface area contributed by atoms with E-state index in [9.17, 15) is 4.79 Å². The lowest BCUT2D eigenvalue weighted by Gasteiger charge is -2.18. The number of hydrogen-bond acceptors (Lipinski definition) is 7. The fourth-order valence-electron chi connectivity index (χ4n) is 4.72. The second-order valence-corrected chi connectivity index (χ2v) is 9.89. The highest BCUT2D eigenvalue weighted by Gasteiger charge is 2.39. The van der Waals surface area contributed by atoms with Crippen LogP contribution in [0.2, 0.25) is 0 Å². The molecule has 1 aromatic carbocycles. The largest absolute Gasteiger partial charge is 0.496 e. The number of methoxy groups -OCH3 is 2. The highest BCUT2D eigenvalue weighted by atomic mass is 32.1. The summed E-state index contributed by atoms with van der Waals surface area (Å²) in [5.41, 5.74) is 3.66. The molecule has 2 aromatic heterocycles. The summed E-state index contributed by atoms with van der Waals surface area (Å²) in [6.45, 7) is 8.41. The molecule has 4 rings (SSSR count). The molecule has 0 saturated heterocycles. The molecule has 0 radical (unpaired) electrons. The highest BCUT2D eigenvalue weighted by molar-refractivity contribution is 7.13. The number of carbonyl (C=O) groups is 1. The Morgan fingerprint density at radius 2 is 1.97 bits per heavy atom. The first kappa shape index (κ1) is 23.5. The van der Waals surface area contributed by atoms with Crippen molar-refractivity contribution in [2.75, 3.05) is 14.2 Å². The van der Waals surface area contributed by atoms with Gasteiger partial charge in [-0.3, -0.25) is 4.79 Å². The molecule has 6 nitrogen and oxygen atoms in total. The summed E-state index contributed by atoms with van der Waals surface area (Å²) in [6.07, 6.45) is 2.37. The summed E-state index contributed by atoms with van der Waals surface area (Å²) >= 11 is 1.60. The van der Waals surface area contributed by atoms with Crippen molar-refractivity contribution in [3.63, 3.8) is 0 Å². The van der Waals surface area contributed by atoms with Gasteiger partial charge in [-0.2, -0.15) is 0 Å². The van der Waals surface area contributed by atoms with Gasteiger partial charge in [0, 0.05) is 22.4 Å². The van der Waals surface area contributed by atoms with E-state index < -0.39 is 0 Å². The molecule has 176 valence electrons. The maximum atomic E-state index is 12.3. The molecule has 3 aromatic rings. The molecule has 33 heavy (non-hydrogen) atoms. The van der Waals surface area contributed by atoms with Gasteiger partial charge in [0.15, 0.2) is 0 Å². The van der Waals surface area contributed by atoms with Gasteiger partial charge in [0.25, 0.3) is 0 Å². The molecule has 0 bridgehead atoms. The zero-order valence-corrected chi connectivity index (χ0v) is 21.0. The van der Waals surface area contributed by atoms with Crippen LogP contribution in [0.1, 0.15) is 57.2 Å². The molecular formula is C26H32N2O4S.